The standard InChI is InChI=1S/C12H12ClNO3/c1-6(14)10-4-7-3-8(13)5-9(11(7)17-10)12(15)16-2/h3-6H,14H2,1-2H3. The Morgan fingerprint density at radius 2 is 2.18 bits per heavy atom. The first-order valence-corrected chi connectivity index (χ1v) is 5.47. The molecule has 0 bridgehead atoms. The highest BCUT2D eigenvalue weighted by atomic mass is 35.5. The number of methoxy groups -OCH3 is 1. The summed E-state index contributed by atoms with van der Waals surface area (Å²) in [5.74, 6) is 0.121. The Morgan fingerprint density at radius 3 is 2.76 bits per heavy atom. The van der Waals surface area contributed by atoms with Gasteiger partial charge in [0.2, 0.25) is 0 Å². The van der Waals surface area contributed by atoms with Crippen LogP contribution in [0.25, 0.3) is 11.0 Å². The van der Waals surface area contributed by atoms with Gasteiger partial charge in [0.05, 0.1) is 13.2 Å². The molecule has 1 aromatic heterocycles. The van der Waals surface area contributed by atoms with Gasteiger partial charge in [0.1, 0.15) is 16.9 Å². The molecular formula is C12H12ClNO3. The Balaban J connectivity index is 2.69. The average Bonchev–Trinajstić information content (AvgIpc) is 2.70. The van der Waals surface area contributed by atoms with Gasteiger partial charge in [-0.15, -0.1) is 0 Å². The first-order chi connectivity index (χ1) is 8.02. The SMILES string of the molecule is COC(=O)c1cc(Cl)cc2cc(C(C)N)oc12. The molecule has 1 atom stereocenters. The van der Waals surface area contributed by atoms with E-state index in [4.69, 9.17) is 21.8 Å². The number of benzene rings is 1. The number of carbonyl (C=O) groups excluding carboxylic acids is 1. The van der Waals surface area contributed by atoms with Gasteiger partial charge in [-0.3, -0.25) is 0 Å². The van der Waals surface area contributed by atoms with E-state index < -0.39 is 5.97 Å². The zero-order chi connectivity index (χ0) is 12.6. The van der Waals surface area contributed by atoms with Crippen molar-refractivity contribution < 1.29 is 13.9 Å². The summed E-state index contributed by atoms with van der Waals surface area (Å²) < 4.78 is 10.2. The maximum atomic E-state index is 11.6. The van der Waals surface area contributed by atoms with Gasteiger partial charge >= 0.3 is 5.97 Å². The summed E-state index contributed by atoms with van der Waals surface area (Å²) in [5, 5.41) is 1.19. The molecule has 0 aliphatic carbocycles. The number of nitrogens with two attached hydrogens (primary N) is 1. The van der Waals surface area contributed by atoms with E-state index in [0.29, 0.717) is 21.9 Å². The minimum atomic E-state index is -0.483. The number of rotatable bonds is 2. The van der Waals surface area contributed by atoms with E-state index in [9.17, 15) is 4.79 Å². The molecule has 1 heterocycles. The maximum Gasteiger partial charge on any atom is 0.341 e. The van der Waals surface area contributed by atoms with Gasteiger partial charge in [0.15, 0.2) is 0 Å². The smallest absolute Gasteiger partial charge is 0.341 e. The van der Waals surface area contributed by atoms with Crippen molar-refractivity contribution in [3.05, 3.63) is 34.5 Å². The van der Waals surface area contributed by atoms with Gasteiger partial charge in [0.25, 0.3) is 0 Å². The summed E-state index contributed by atoms with van der Waals surface area (Å²) in [4.78, 5) is 11.6. The zero-order valence-corrected chi connectivity index (χ0v) is 10.2. The van der Waals surface area contributed by atoms with Gasteiger partial charge < -0.3 is 14.9 Å². The molecule has 1 unspecified atom stereocenters. The van der Waals surface area contributed by atoms with Crippen molar-refractivity contribution in [1.82, 2.24) is 0 Å². The van der Waals surface area contributed by atoms with Gasteiger partial charge in [-0.2, -0.15) is 0 Å². The molecule has 2 rings (SSSR count). The molecule has 0 aliphatic heterocycles. The third-order valence-corrected chi connectivity index (χ3v) is 2.67. The normalized spacial score (nSPS) is 12.7. The topological polar surface area (TPSA) is 65.5 Å². The minimum absolute atomic E-state index is 0.244. The number of carbonyl (C=O) groups is 1. The number of hydrogen-bond donors (Lipinski definition) is 1. The monoisotopic (exact) mass is 253 g/mol. The second kappa shape index (κ2) is 4.39. The molecule has 4 nitrogen and oxygen atoms in total. The van der Waals surface area contributed by atoms with E-state index in [1.807, 2.05) is 0 Å². The van der Waals surface area contributed by atoms with Crippen molar-refractivity contribution in [2.75, 3.05) is 7.11 Å². The molecular weight excluding hydrogens is 242 g/mol. The predicted molar refractivity (Wildman–Crippen MR) is 65.2 cm³/mol. The lowest BCUT2D eigenvalue weighted by atomic mass is 10.1. The fourth-order valence-corrected chi connectivity index (χ4v) is 1.85. The summed E-state index contributed by atoms with van der Waals surface area (Å²) in [5.41, 5.74) is 6.49. The highest BCUT2D eigenvalue weighted by Crippen LogP contribution is 2.29. The van der Waals surface area contributed by atoms with Crippen LogP contribution in [-0.2, 0) is 4.74 Å². The molecule has 1 aromatic carbocycles. The number of esters is 1. The molecule has 0 fully saturated rings. The van der Waals surface area contributed by atoms with Crippen molar-refractivity contribution in [3.8, 4) is 0 Å². The van der Waals surface area contributed by atoms with Crippen LogP contribution in [0.5, 0.6) is 0 Å². The van der Waals surface area contributed by atoms with Crippen LogP contribution in [0.4, 0.5) is 0 Å². The number of hydrogen-bond acceptors (Lipinski definition) is 4. The molecule has 0 radical (unpaired) electrons. The molecule has 0 saturated carbocycles. The number of ether oxygens (including phenoxy) is 1. The molecule has 0 saturated heterocycles. The molecule has 17 heavy (non-hydrogen) atoms. The summed E-state index contributed by atoms with van der Waals surface area (Å²) in [7, 11) is 1.31. The van der Waals surface area contributed by atoms with Crippen molar-refractivity contribution in [2.24, 2.45) is 5.73 Å². The minimum Gasteiger partial charge on any atom is -0.465 e. The van der Waals surface area contributed by atoms with Crippen LogP contribution in [0.3, 0.4) is 0 Å². The quantitative estimate of drug-likeness (QED) is 0.836. The summed E-state index contributed by atoms with van der Waals surface area (Å²) in [6.07, 6.45) is 0. The third-order valence-electron chi connectivity index (χ3n) is 2.45. The Morgan fingerprint density at radius 1 is 1.47 bits per heavy atom. The van der Waals surface area contributed by atoms with Gasteiger partial charge in [-0.25, -0.2) is 4.79 Å². The first kappa shape index (κ1) is 12.0. The lowest BCUT2D eigenvalue weighted by molar-refractivity contribution is 0.0601. The molecule has 5 heteroatoms. The molecule has 90 valence electrons. The molecule has 0 spiro atoms. The second-order valence-electron chi connectivity index (χ2n) is 3.80. The number of fused-ring (bicyclic) bond motifs is 1. The fourth-order valence-electron chi connectivity index (χ4n) is 1.62. The van der Waals surface area contributed by atoms with Crippen molar-refractivity contribution in [3.63, 3.8) is 0 Å². The highest BCUT2D eigenvalue weighted by Gasteiger charge is 2.17. The third kappa shape index (κ3) is 2.14. The van der Waals surface area contributed by atoms with Crippen LogP contribution in [0, 0.1) is 0 Å². The maximum absolute atomic E-state index is 11.6. The van der Waals surface area contributed by atoms with Crippen LogP contribution in [0.2, 0.25) is 5.02 Å². The highest BCUT2D eigenvalue weighted by molar-refractivity contribution is 6.32. The van der Waals surface area contributed by atoms with Gasteiger partial charge in [-0.05, 0) is 25.1 Å². The van der Waals surface area contributed by atoms with Crippen LogP contribution in [-0.4, -0.2) is 13.1 Å². The molecule has 2 aromatic rings. The van der Waals surface area contributed by atoms with Crippen molar-refractivity contribution in [2.45, 2.75) is 13.0 Å². The van der Waals surface area contributed by atoms with E-state index in [0.717, 1.165) is 5.39 Å². The largest absolute Gasteiger partial charge is 0.465 e. The Labute approximate surface area is 103 Å². The van der Waals surface area contributed by atoms with E-state index in [1.165, 1.54) is 13.2 Å². The van der Waals surface area contributed by atoms with Crippen LogP contribution in [0.1, 0.15) is 29.1 Å². The van der Waals surface area contributed by atoms with Crippen LogP contribution in [0.15, 0.2) is 22.6 Å². The molecule has 0 aliphatic rings. The van der Waals surface area contributed by atoms with Crippen molar-refractivity contribution in [1.29, 1.82) is 0 Å². The predicted octanol–water partition coefficient (Wildman–Crippen LogP) is 2.89. The second-order valence-corrected chi connectivity index (χ2v) is 4.24. The Bertz CT molecular complexity index is 574. The van der Waals surface area contributed by atoms with E-state index in [1.54, 1.807) is 19.1 Å². The number of halogens is 1. The van der Waals surface area contributed by atoms with Gasteiger partial charge in [0, 0.05) is 10.4 Å². The summed E-state index contributed by atoms with van der Waals surface area (Å²) in [6.45, 7) is 1.80. The van der Waals surface area contributed by atoms with E-state index >= 15 is 0 Å². The Hall–Kier alpha value is -1.52. The lowest BCUT2D eigenvalue weighted by Gasteiger charge is -2.01. The Kier molecular flexibility index (Phi) is 3.09. The molecule has 0 amide bonds. The number of furan rings is 1. The zero-order valence-electron chi connectivity index (χ0n) is 9.49. The van der Waals surface area contributed by atoms with E-state index in [2.05, 4.69) is 4.74 Å². The van der Waals surface area contributed by atoms with Crippen LogP contribution < -0.4 is 5.73 Å². The van der Waals surface area contributed by atoms with Crippen molar-refractivity contribution >= 4 is 28.5 Å². The molecule has 2 N–H and O–H groups in total. The average molecular weight is 254 g/mol. The first-order valence-electron chi connectivity index (χ1n) is 5.10. The van der Waals surface area contributed by atoms with E-state index in [-0.39, 0.29) is 6.04 Å². The fraction of sp³-hybridized carbons (Fsp3) is 0.250. The van der Waals surface area contributed by atoms with Crippen LogP contribution >= 0.6 is 11.6 Å². The lowest BCUT2D eigenvalue weighted by Crippen LogP contribution is -2.03. The summed E-state index contributed by atoms with van der Waals surface area (Å²) >= 11 is 5.93. The summed E-state index contributed by atoms with van der Waals surface area (Å²) in [6, 6.07) is 4.77. The van der Waals surface area contributed by atoms with Gasteiger partial charge in [-0.1, -0.05) is 11.6 Å².